The van der Waals surface area contributed by atoms with Crippen LogP contribution in [0, 0.1) is 11.8 Å². The Morgan fingerprint density at radius 2 is 1.12 bits per heavy atom. The van der Waals surface area contributed by atoms with E-state index in [1.165, 1.54) is 32.8 Å². The van der Waals surface area contributed by atoms with E-state index >= 15 is 0 Å². The van der Waals surface area contributed by atoms with E-state index < -0.39 is 0 Å². The van der Waals surface area contributed by atoms with Crippen LogP contribution >= 0.6 is 11.8 Å². The highest BCUT2D eigenvalue weighted by Crippen LogP contribution is 2.42. The summed E-state index contributed by atoms with van der Waals surface area (Å²) in [6.07, 6.45) is 2.09. The minimum Gasteiger partial charge on any atom is -0.130 e. The zero-order valence-electron chi connectivity index (χ0n) is 15.6. The second-order valence-electron chi connectivity index (χ2n) is 6.65. The number of hydrogen-bond acceptors (Lipinski definition) is 1. The third kappa shape index (κ3) is 3.60. The van der Waals surface area contributed by atoms with Crippen molar-refractivity contribution in [2.24, 2.45) is 0 Å². The van der Waals surface area contributed by atoms with Crippen LogP contribution in [0.1, 0.15) is 50.3 Å². The summed E-state index contributed by atoms with van der Waals surface area (Å²) in [6.45, 7) is 8.98. The quantitative estimate of drug-likeness (QED) is 0.438. The van der Waals surface area contributed by atoms with Gasteiger partial charge in [0.15, 0.2) is 0 Å². The molecule has 0 spiro atoms. The van der Waals surface area contributed by atoms with Crippen molar-refractivity contribution in [3.05, 3.63) is 87.5 Å². The van der Waals surface area contributed by atoms with Crippen molar-refractivity contribution in [3.8, 4) is 11.8 Å². The van der Waals surface area contributed by atoms with E-state index in [9.17, 15) is 0 Å². The summed E-state index contributed by atoms with van der Waals surface area (Å²) < 4.78 is 0. The van der Waals surface area contributed by atoms with E-state index in [1.807, 2.05) is 0 Å². The Kier molecular flexibility index (Phi) is 5.21. The van der Waals surface area contributed by atoms with Gasteiger partial charge in [-0.2, -0.15) is 0 Å². The maximum atomic E-state index is 3.28. The van der Waals surface area contributed by atoms with Gasteiger partial charge in [0.2, 0.25) is 0 Å². The van der Waals surface area contributed by atoms with Crippen LogP contribution in [0.15, 0.2) is 75.7 Å². The molecule has 0 fully saturated rings. The minimum absolute atomic E-state index is 0.432. The van der Waals surface area contributed by atoms with Crippen LogP contribution in [0.4, 0.5) is 0 Å². The molecule has 3 rings (SSSR count). The van der Waals surface area contributed by atoms with Gasteiger partial charge in [-0.05, 0) is 87.1 Å². The molecular weight excluding hydrogens is 320 g/mol. The van der Waals surface area contributed by atoms with Crippen LogP contribution in [0.3, 0.4) is 0 Å². The fourth-order valence-electron chi connectivity index (χ4n) is 3.43. The van der Waals surface area contributed by atoms with Crippen LogP contribution in [0.5, 0.6) is 0 Å². The lowest BCUT2D eigenvalue weighted by Crippen LogP contribution is -1.99. The molecule has 0 saturated carbocycles. The molecule has 25 heavy (non-hydrogen) atoms. The zero-order valence-corrected chi connectivity index (χ0v) is 16.4. The van der Waals surface area contributed by atoms with Crippen molar-refractivity contribution in [3.63, 3.8) is 0 Å². The molecule has 0 bridgehead atoms. The standard InChI is InChI=1S/C24H24S/c1-16-17(2)19(4)24(18(16)3)22-12-8-20(9-13-22)6-7-21-10-14-23(25-5)15-11-21/h8-15,24H,1-5H3. The van der Waals surface area contributed by atoms with Crippen LogP contribution in [-0.2, 0) is 0 Å². The molecular formula is C24H24S. The van der Waals surface area contributed by atoms with E-state index in [1.54, 1.807) is 11.8 Å². The van der Waals surface area contributed by atoms with Gasteiger partial charge in [-0.25, -0.2) is 0 Å². The molecule has 2 aromatic rings. The number of rotatable bonds is 2. The predicted octanol–water partition coefficient (Wildman–Crippen LogP) is 6.58. The van der Waals surface area contributed by atoms with Gasteiger partial charge in [0.25, 0.3) is 0 Å². The number of thioether (sulfide) groups is 1. The summed E-state index contributed by atoms with van der Waals surface area (Å²) in [4.78, 5) is 1.27. The monoisotopic (exact) mass is 344 g/mol. The first-order valence-corrected chi connectivity index (χ1v) is 9.85. The lowest BCUT2D eigenvalue weighted by molar-refractivity contribution is 0.935. The SMILES string of the molecule is CSc1ccc(C#Cc2ccc(C3C(C)=C(C)C(C)=C3C)cc2)cc1. The zero-order chi connectivity index (χ0) is 18.0. The molecule has 0 heterocycles. The molecule has 0 amide bonds. The first-order valence-electron chi connectivity index (χ1n) is 8.62. The van der Waals surface area contributed by atoms with Crippen molar-refractivity contribution in [2.75, 3.05) is 6.26 Å². The lowest BCUT2D eigenvalue weighted by Gasteiger charge is -2.15. The smallest absolute Gasteiger partial charge is 0.0263 e. The molecule has 1 aliphatic carbocycles. The molecule has 126 valence electrons. The van der Waals surface area contributed by atoms with Crippen LogP contribution in [0.25, 0.3) is 0 Å². The largest absolute Gasteiger partial charge is 0.130 e. The Morgan fingerprint density at radius 3 is 1.56 bits per heavy atom. The van der Waals surface area contributed by atoms with Gasteiger partial charge < -0.3 is 0 Å². The molecule has 1 aliphatic rings. The highest BCUT2D eigenvalue weighted by atomic mass is 32.2. The topological polar surface area (TPSA) is 0 Å². The molecule has 0 nitrogen and oxygen atoms in total. The molecule has 0 aliphatic heterocycles. The lowest BCUT2D eigenvalue weighted by atomic mass is 9.88. The molecule has 0 radical (unpaired) electrons. The van der Waals surface area contributed by atoms with Gasteiger partial charge in [0.05, 0.1) is 0 Å². The van der Waals surface area contributed by atoms with E-state index in [2.05, 4.69) is 94.3 Å². The molecule has 1 heteroatoms. The maximum absolute atomic E-state index is 3.28. The van der Waals surface area contributed by atoms with Crippen molar-refractivity contribution in [1.82, 2.24) is 0 Å². The summed E-state index contributed by atoms with van der Waals surface area (Å²) >= 11 is 1.75. The summed E-state index contributed by atoms with van der Waals surface area (Å²) in [6, 6.07) is 17.1. The van der Waals surface area contributed by atoms with Gasteiger partial charge in [-0.1, -0.05) is 35.1 Å². The number of allylic oxidation sites excluding steroid dienone is 4. The number of benzene rings is 2. The van der Waals surface area contributed by atoms with E-state index in [4.69, 9.17) is 0 Å². The normalized spacial score (nSPS) is 14.8. The third-order valence-corrected chi connectivity index (χ3v) is 6.04. The fraction of sp³-hybridized carbons (Fsp3) is 0.250. The molecule has 0 N–H and O–H groups in total. The highest BCUT2D eigenvalue weighted by Gasteiger charge is 2.25. The Bertz CT molecular complexity index is 873. The number of hydrogen-bond donors (Lipinski definition) is 0. The van der Waals surface area contributed by atoms with Crippen molar-refractivity contribution in [1.29, 1.82) is 0 Å². The molecule has 0 saturated heterocycles. The molecule has 0 unspecified atom stereocenters. The van der Waals surface area contributed by atoms with Gasteiger partial charge in [0.1, 0.15) is 0 Å². The molecule has 2 aromatic carbocycles. The third-order valence-electron chi connectivity index (χ3n) is 5.30. The second kappa shape index (κ2) is 7.38. The molecule has 0 atom stereocenters. The Labute approximate surface area is 156 Å². The van der Waals surface area contributed by atoms with Crippen LogP contribution in [0.2, 0.25) is 0 Å². The average molecular weight is 345 g/mol. The maximum Gasteiger partial charge on any atom is 0.0263 e. The Morgan fingerprint density at radius 1 is 0.680 bits per heavy atom. The van der Waals surface area contributed by atoms with E-state index in [0.717, 1.165) is 11.1 Å². The first kappa shape index (κ1) is 17.6. The average Bonchev–Trinajstić information content (AvgIpc) is 2.84. The van der Waals surface area contributed by atoms with Crippen molar-refractivity contribution >= 4 is 11.8 Å². The van der Waals surface area contributed by atoms with Gasteiger partial charge in [-0.3, -0.25) is 0 Å². The fourth-order valence-corrected chi connectivity index (χ4v) is 3.84. The highest BCUT2D eigenvalue weighted by molar-refractivity contribution is 7.98. The van der Waals surface area contributed by atoms with E-state index in [-0.39, 0.29) is 0 Å². The van der Waals surface area contributed by atoms with Gasteiger partial charge in [-0.15, -0.1) is 11.8 Å². The first-order chi connectivity index (χ1) is 12.0. The second-order valence-corrected chi connectivity index (χ2v) is 7.53. The van der Waals surface area contributed by atoms with Crippen molar-refractivity contribution < 1.29 is 0 Å². The van der Waals surface area contributed by atoms with Crippen LogP contribution in [-0.4, -0.2) is 6.26 Å². The summed E-state index contributed by atoms with van der Waals surface area (Å²) in [5, 5.41) is 0. The van der Waals surface area contributed by atoms with Crippen LogP contribution < -0.4 is 0 Å². The summed E-state index contributed by atoms with van der Waals surface area (Å²) in [5.74, 6) is 6.96. The Hall–Kier alpha value is -2.17. The Balaban J connectivity index is 1.81. The van der Waals surface area contributed by atoms with E-state index in [0.29, 0.717) is 5.92 Å². The molecule has 0 aromatic heterocycles. The summed E-state index contributed by atoms with van der Waals surface area (Å²) in [7, 11) is 0. The predicted molar refractivity (Wildman–Crippen MR) is 110 cm³/mol. The minimum atomic E-state index is 0.432. The summed E-state index contributed by atoms with van der Waals surface area (Å²) in [5.41, 5.74) is 9.32. The van der Waals surface area contributed by atoms with Gasteiger partial charge >= 0.3 is 0 Å². The van der Waals surface area contributed by atoms with Gasteiger partial charge in [0, 0.05) is 21.9 Å². The van der Waals surface area contributed by atoms with Crippen molar-refractivity contribution in [2.45, 2.75) is 38.5 Å².